The van der Waals surface area contributed by atoms with Crippen molar-refractivity contribution in [2.45, 2.75) is 6.54 Å². The molecule has 9 nitrogen and oxygen atoms in total. The van der Waals surface area contributed by atoms with Crippen molar-refractivity contribution in [2.24, 2.45) is 0 Å². The first-order valence-electron chi connectivity index (χ1n) is 9.59. The average molecular weight is 401 g/mol. The number of carbonyl (C=O) groups is 1. The van der Waals surface area contributed by atoms with Crippen LogP contribution in [0.2, 0.25) is 0 Å². The lowest BCUT2D eigenvalue weighted by Crippen LogP contribution is -2.47. The SMILES string of the molecule is COCCNC(=O)Cn1nc(N2CCN(c3ccccc3OC)CC2)ccc1=O. The standard InChI is InChI=1S/C20H27N5O4/c1-28-14-9-21-19(26)15-25-20(27)8-7-18(22-25)24-12-10-23(11-13-24)16-5-3-4-6-17(16)29-2/h3-8H,9-15H2,1-2H3,(H,21,26). The van der Waals surface area contributed by atoms with E-state index in [0.29, 0.717) is 19.0 Å². The number of piperazine rings is 1. The maximum Gasteiger partial charge on any atom is 0.267 e. The fourth-order valence-electron chi connectivity index (χ4n) is 3.27. The number of ether oxygens (including phenoxy) is 2. The van der Waals surface area contributed by atoms with Crippen LogP contribution in [0, 0.1) is 0 Å². The van der Waals surface area contributed by atoms with E-state index in [1.807, 2.05) is 18.2 Å². The number of carbonyl (C=O) groups excluding carboxylic acids is 1. The number of anilines is 2. The maximum atomic E-state index is 12.1. The van der Waals surface area contributed by atoms with Gasteiger partial charge in [0.05, 0.1) is 19.4 Å². The molecule has 156 valence electrons. The van der Waals surface area contributed by atoms with Crippen molar-refractivity contribution in [3.05, 3.63) is 46.8 Å². The second-order valence-electron chi connectivity index (χ2n) is 6.68. The molecule has 9 heteroatoms. The fourth-order valence-corrected chi connectivity index (χ4v) is 3.27. The Hall–Kier alpha value is -3.07. The molecule has 3 rings (SSSR count). The van der Waals surface area contributed by atoms with E-state index in [2.05, 4.69) is 26.3 Å². The van der Waals surface area contributed by atoms with Crippen molar-refractivity contribution in [1.82, 2.24) is 15.1 Å². The number of rotatable bonds is 8. The summed E-state index contributed by atoms with van der Waals surface area (Å²) < 4.78 is 11.6. The number of benzene rings is 1. The minimum Gasteiger partial charge on any atom is -0.495 e. The number of methoxy groups -OCH3 is 2. The number of amides is 1. The highest BCUT2D eigenvalue weighted by Crippen LogP contribution is 2.28. The summed E-state index contributed by atoms with van der Waals surface area (Å²) in [5.41, 5.74) is 0.767. The molecule has 0 atom stereocenters. The molecule has 1 aliphatic rings. The van der Waals surface area contributed by atoms with Crippen molar-refractivity contribution in [2.75, 3.05) is 63.4 Å². The number of aromatic nitrogens is 2. The van der Waals surface area contributed by atoms with Gasteiger partial charge in [0, 0.05) is 45.9 Å². The van der Waals surface area contributed by atoms with Gasteiger partial charge in [-0.2, -0.15) is 5.10 Å². The van der Waals surface area contributed by atoms with E-state index in [0.717, 1.165) is 37.6 Å². The Morgan fingerprint density at radius 3 is 2.52 bits per heavy atom. The lowest BCUT2D eigenvalue weighted by Gasteiger charge is -2.37. The van der Waals surface area contributed by atoms with Crippen LogP contribution in [0.5, 0.6) is 5.75 Å². The number of hydrogen-bond acceptors (Lipinski definition) is 7. The minimum absolute atomic E-state index is 0.114. The lowest BCUT2D eigenvalue weighted by molar-refractivity contribution is -0.122. The third-order valence-electron chi connectivity index (χ3n) is 4.80. The Bertz CT molecular complexity index is 877. The van der Waals surface area contributed by atoms with Crippen LogP contribution in [0.4, 0.5) is 11.5 Å². The topological polar surface area (TPSA) is 88.9 Å². The van der Waals surface area contributed by atoms with E-state index < -0.39 is 0 Å². The van der Waals surface area contributed by atoms with E-state index in [1.54, 1.807) is 20.3 Å². The van der Waals surface area contributed by atoms with E-state index >= 15 is 0 Å². The van der Waals surface area contributed by atoms with Gasteiger partial charge in [-0.15, -0.1) is 0 Å². The lowest BCUT2D eigenvalue weighted by atomic mass is 10.2. The predicted octanol–water partition coefficient (Wildman–Crippen LogP) is 0.341. The summed E-state index contributed by atoms with van der Waals surface area (Å²) in [6.45, 7) is 3.82. The molecule has 0 bridgehead atoms. The third-order valence-corrected chi connectivity index (χ3v) is 4.80. The summed E-state index contributed by atoms with van der Waals surface area (Å²) in [6.07, 6.45) is 0. The molecule has 1 aromatic heterocycles. The van der Waals surface area contributed by atoms with Crippen LogP contribution in [0.3, 0.4) is 0 Å². The molecule has 1 aromatic carbocycles. The highest BCUT2D eigenvalue weighted by molar-refractivity contribution is 5.75. The Labute approximate surface area is 169 Å². The second kappa shape index (κ2) is 9.92. The quantitative estimate of drug-likeness (QED) is 0.638. The van der Waals surface area contributed by atoms with Gasteiger partial charge in [-0.25, -0.2) is 4.68 Å². The molecule has 1 aliphatic heterocycles. The van der Waals surface area contributed by atoms with Crippen molar-refractivity contribution >= 4 is 17.4 Å². The van der Waals surface area contributed by atoms with Crippen molar-refractivity contribution < 1.29 is 14.3 Å². The minimum atomic E-state index is -0.303. The molecule has 2 aromatic rings. The van der Waals surface area contributed by atoms with Gasteiger partial charge in [-0.1, -0.05) is 12.1 Å². The number of nitrogens with one attached hydrogen (secondary N) is 1. The van der Waals surface area contributed by atoms with Crippen molar-refractivity contribution in [1.29, 1.82) is 0 Å². The molecule has 2 heterocycles. The fraction of sp³-hybridized carbons (Fsp3) is 0.450. The molecule has 1 fully saturated rings. The maximum absolute atomic E-state index is 12.1. The zero-order valence-corrected chi connectivity index (χ0v) is 16.8. The Morgan fingerprint density at radius 1 is 1.07 bits per heavy atom. The van der Waals surface area contributed by atoms with Crippen LogP contribution >= 0.6 is 0 Å². The highest BCUT2D eigenvalue weighted by Gasteiger charge is 2.21. The van der Waals surface area contributed by atoms with Crippen molar-refractivity contribution in [3.8, 4) is 5.75 Å². The first-order valence-corrected chi connectivity index (χ1v) is 9.59. The predicted molar refractivity (Wildman–Crippen MR) is 111 cm³/mol. The van der Waals surface area contributed by atoms with Crippen molar-refractivity contribution in [3.63, 3.8) is 0 Å². The molecule has 1 saturated heterocycles. The van der Waals surface area contributed by atoms with Crippen LogP contribution in [0.1, 0.15) is 0 Å². The molecule has 29 heavy (non-hydrogen) atoms. The Morgan fingerprint density at radius 2 is 1.79 bits per heavy atom. The van der Waals surface area contributed by atoms with Crippen LogP contribution in [-0.2, 0) is 16.1 Å². The highest BCUT2D eigenvalue weighted by atomic mass is 16.5. The van der Waals surface area contributed by atoms with E-state index in [4.69, 9.17) is 9.47 Å². The van der Waals surface area contributed by atoms with Gasteiger partial charge in [0.1, 0.15) is 18.1 Å². The molecule has 1 amide bonds. The zero-order valence-electron chi connectivity index (χ0n) is 16.8. The monoisotopic (exact) mass is 401 g/mol. The molecule has 0 spiro atoms. The van der Waals surface area contributed by atoms with Gasteiger partial charge in [-0.05, 0) is 18.2 Å². The second-order valence-corrected chi connectivity index (χ2v) is 6.68. The van der Waals surface area contributed by atoms with Crippen LogP contribution in [0.25, 0.3) is 0 Å². The summed E-state index contributed by atoms with van der Waals surface area (Å²) in [5, 5.41) is 7.09. The number of para-hydroxylation sites is 2. The van der Waals surface area contributed by atoms with E-state index in [1.165, 1.54) is 10.7 Å². The molecule has 0 saturated carbocycles. The summed E-state index contributed by atoms with van der Waals surface area (Å²) in [7, 11) is 3.24. The molecule has 0 radical (unpaired) electrons. The van der Waals surface area contributed by atoms with E-state index in [-0.39, 0.29) is 18.0 Å². The van der Waals surface area contributed by atoms with Gasteiger partial charge in [0.2, 0.25) is 5.91 Å². The Kier molecular flexibility index (Phi) is 7.07. The number of hydrogen-bond donors (Lipinski definition) is 1. The zero-order chi connectivity index (χ0) is 20.6. The summed E-state index contributed by atoms with van der Waals surface area (Å²) in [4.78, 5) is 28.5. The van der Waals surface area contributed by atoms with Gasteiger partial charge in [-0.3, -0.25) is 9.59 Å². The number of nitrogens with zero attached hydrogens (tertiary/aromatic N) is 4. The summed E-state index contributed by atoms with van der Waals surface area (Å²) in [6, 6.07) is 11.1. The average Bonchev–Trinajstić information content (AvgIpc) is 2.75. The molecule has 0 aliphatic carbocycles. The third kappa shape index (κ3) is 5.26. The van der Waals surface area contributed by atoms with Crippen LogP contribution in [0.15, 0.2) is 41.2 Å². The molecular formula is C20H27N5O4. The van der Waals surface area contributed by atoms with Gasteiger partial charge in [0.15, 0.2) is 0 Å². The van der Waals surface area contributed by atoms with Gasteiger partial charge in [0.25, 0.3) is 5.56 Å². The summed E-state index contributed by atoms with van der Waals surface area (Å²) >= 11 is 0. The first kappa shape index (κ1) is 20.7. The van der Waals surface area contributed by atoms with Crippen LogP contribution in [-0.4, -0.2) is 69.2 Å². The molecule has 0 unspecified atom stereocenters. The molecular weight excluding hydrogens is 374 g/mol. The van der Waals surface area contributed by atoms with Gasteiger partial charge >= 0.3 is 0 Å². The normalized spacial score (nSPS) is 14.0. The molecule has 1 N–H and O–H groups in total. The van der Waals surface area contributed by atoms with Gasteiger partial charge < -0.3 is 24.6 Å². The Balaban J connectivity index is 1.63. The van der Waals surface area contributed by atoms with E-state index in [9.17, 15) is 9.59 Å². The summed E-state index contributed by atoms with van der Waals surface area (Å²) in [5.74, 6) is 1.27. The van der Waals surface area contributed by atoms with Crippen LogP contribution < -0.4 is 25.4 Å². The first-order chi connectivity index (χ1) is 14.1. The largest absolute Gasteiger partial charge is 0.495 e. The smallest absolute Gasteiger partial charge is 0.267 e.